The SMILES string of the molecule is Cl.O=C(CCC(F)(F)F)NC[C@@H]1CCNC[C@H]1O. The smallest absolute Gasteiger partial charge is 0.389 e. The van der Waals surface area contributed by atoms with Crippen LogP contribution in [0.1, 0.15) is 19.3 Å². The van der Waals surface area contributed by atoms with Crippen molar-refractivity contribution in [2.45, 2.75) is 31.5 Å². The minimum absolute atomic E-state index is 0. The minimum Gasteiger partial charge on any atom is -0.391 e. The van der Waals surface area contributed by atoms with Crippen LogP contribution in [0.4, 0.5) is 13.2 Å². The summed E-state index contributed by atoms with van der Waals surface area (Å²) in [6.07, 6.45) is -5.79. The molecule has 0 saturated carbocycles. The first kappa shape index (κ1) is 17.5. The molecule has 0 aliphatic carbocycles. The molecule has 3 N–H and O–H groups in total. The molecule has 0 unspecified atom stereocenters. The molecule has 0 aromatic heterocycles. The molecule has 1 saturated heterocycles. The number of amides is 1. The quantitative estimate of drug-likeness (QED) is 0.719. The highest BCUT2D eigenvalue weighted by Crippen LogP contribution is 2.21. The van der Waals surface area contributed by atoms with Crippen LogP contribution in [0.15, 0.2) is 0 Å². The third-order valence-corrected chi connectivity index (χ3v) is 2.79. The van der Waals surface area contributed by atoms with Crippen molar-refractivity contribution in [1.82, 2.24) is 10.6 Å². The molecule has 1 heterocycles. The van der Waals surface area contributed by atoms with Crippen LogP contribution in [-0.4, -0.2) is 42.9 Å². The van der Waals surface area contributed by atoms with E-state index >= 15 is 0 Å². The van der Waals surface area contributed by atoms with E-state index in [-0.39, 0.29) is 24.9 Å². The van der Waals surface area contributed by atoms with Gasteiger partial charge in [-0.1, -0.05) is 0 Å². The summed E-state index contributed by atoms with van der Waals surface area (Å²) < 4.78 is 35.5. The van der Waals surface area contributed by atoms with Crippen molar-refractivity contribution in [2.24, 2.45) is 5.92 Å². The van der Waals surface area contributed by atoms with Crippen molar-refractivity contribution in [1.29, 1.82) is 0 Å². The van der Waals surface area contributed by atoms with E-state index in [1.807, 2.05) is 0 Å². The second-order valence-corrected chi connectivity index (χ2v) is 4.24. The first-order valence-corrected chi connectivity index (χ1v) is 5.61. The van der Waals surface area contributed by atoms with Crippen LogP contribution in [-0.2, 0) is 4.79 Å². The number of nitrogens with one attached hydrogen (secondary N) is 2. The molecule has 0 aromatic carbocycles. The predicted molar refractivity (Wildman–Crippen MR) is 62.5 cm³/mol. The van der Waals surface area contributed by atoms with Crippen LogP contribution in [0, 0.1) is 5.92 Å². The van der Waals surface area contributed by atoms with Crippen molar-refractivity contribution in [3.05, 3.63) is 0 Å². The van der Waals surface area contributed by atoms with Gasteiger partial charge in [-0.05, 0) is 13.0 Å². The van der Waals surface area contributed by atoms with Crippen LogP contribution in [0.5, 0.6) is 0 Å². The number of halogens is 4. The van der Waals surface area contributed by atoms with Gasteiger partial charge in [0.05, 0.1) is 12.5 Å². The molecule has 8 heteroatoms. The van der Waals surface area contributed by atoms with Crippen molar-refractivity contribution in [3.63, 3.8) is 0 Å². The molecule has 0 radical (unpaired) electrons. The lowest BCUT2D eigenvalue weighted by molar-refractivity contribution is -0.144. The van der Waals surface area contributed by atoms with Gasteiger partial charge in [-0.3, -0.25) is 4.79 Å². The Morgan fingerprint density at radius 1 is 1.44 bits per heavy atom. The topological polar surface area (TPSA) is 61.4 Å². The van der Waals surface area contributed by atoms with Gasteiger partial charge >= 0.3 is 6.18 Å². The molecule has 18 heavy (non-hydrogen) atoms. The highest BCUT2D eigenvalue weighted by molar-refractivity contribution is 5.85. The number of β-amino-alcohol motifs (C(OH)–C–C–N with tert-alkyl or cyclic N) is 1. The van der Waals surface area contributed by atoms with Crippen LogP contribution in [0.25, 0.3) is 0 Å². The third-order valence-electron chi connectivity index (χ3n) is 2.79. The Morgan fingerprint density at radius 3 is 2.67 bits per heavy atom. The standard InChI is InChI=1S/C10H17F3N2O2.ClH/c11-10(12,13)3-1-9(17)15-5-7-2-4-14-6-8(7)16;/h7-8,14,16H,1-6H2,(H,15,17);1H/t7-,8+;/m0./s1. The second kappa shape index (κ2) is 7.81. The first-order valence-electron chi connectivity index (χ1n) is 5.61. The summed E-state index contributed by atoms with van der Waals surface area (Å²) in [6, 6.07) is 0. The molecule has 1 rings (SSSR count). The van der Waals surface area contributed by atoms with E-state index in [4.69, 9.17) is 0 Å². The number of hydrogen-bond donors (Lipinski definition) is 3. The monoisotopic (exact) mass is 290 g/mol. The van der Waals surface area contributed by atoms with E-state index in [2.05, 4.69) is 10.6 Å². The maximum Gasteiger partial charge on any atom is 0.389 e. The minimum atomic E-state index is -4.30. The summed E-state index contributed by atoms with van der Waals surface area (Å²) in [7, 11) is 0. The van der Waals surface area contributed by atoms with E-state index in [9.17, 15) is 23.1 Å². The largest absolute Gasteiger partial charge is 0.391 e. The average molecular weight is 291 g/mol. The zero-order valence-corrected chi connectivity index (χ0v) is 10.6. The van der Waals surface area contributed by atoms with E-state index in [0.717, 1.165) is 6.54 Å². The van der Waals surface area contributed by atoms with E-state index < -0.39 is 31.0 Å². The Balaban J connectivity index is 0.00000289. The lowest BCUT2D eigenvalue weighted by atomic mass is 9.95. The molecular formula is C10H18ClF3N2O2. The van der Waals surface area contributed by atoms with Crippen LogP contribution >= 0.6 is 12.4 Å². The molecule has 0 bridgehead atoms. The zero-order valence-electron chi connectivity index (χ0n) is 9.79. The first-order chi connectivity index (χ1) is 7.88. The Hall–Kier alpha value is -0.530. The molecule has 4 nitrogen and oxygen atoms in total. The lowest BCUT2D eigenvalue weighted by Gasteiger charge is -2.28. The van der Waals surface area contributed by atoms with Gasteiger partial charge in [0.25, 0.3) is 0 Å². The van der Waals surface area contributed by atoms with E-state index in [1.54, 1.807) is 0 Å². The van der Waals surface area contributed by atoms with Gasteiger partial charge in [0.15, 0.2) is 0 Å². The maximum atomic E-state index is 11.8. The number of piperidine rings is 1. The molecular weight excluding hydrogens is 273 g/mol. The summed E-state index contributed by atoms with van der Waals surface area (Å²) in [5, 5.41) is 15.0. The van der Waals surface area contributed by atoms with Gasteiger partial charge in [-0.25, -0.2) is 0 Å². The van der Waals surface area contributed by atoms with Crippen LogP contribution < -0.4 is 10.6 Å². The summed E-state index contributed by atoms with van der Waals surface area (Å²) in [4.78, 5) is 11.1. The van der Waals surface area contributed by atoms with Gasteiger partial charge in [0.1, 0.15) is 0 Å². The van der Waals surface area contributed by atoms with Crippen molar-refractivity contribution in [3.8, 4) is 0 Å². The average Bonchev–Trinajstić information content (AvgIpc) is 2.24. The molecule has 2 atom stereocenters. The Labute approximate surface area is 110 Å². The normalized spacial score (nSPS) is 24.2. The van der Waals surface area contributed by atoms with E-state index in [1.165, 1.54) is 0 Å². The fraction of sp³-hybridized carbons (Fsp3) is 0.900. The third kappa shape index (κ3) is 7.03. The van der Waals surface area contributed by atoms with Crippen molar-refractivity contribution in [2.75, 3.05) is 19.6 Å². The summed E-state index contributed by atoms with van der Waals surface area (Å²) >= 11 is 0. The molecule has 0 spiro atoms. The van der Waals surface area contributed by atoms with Gasteiger partial charge in [0.2, 0.25) is 5.91 Å². The number of rotatable bonds is 4. The number of aliphatic hydroxyl groups excluding tert-OH is 1. The summed E-state index contributed by atoms with van der Waals surface area (Å²) in [5.74, 6) is -0.695. The number of carbonyl (C=O) groups is 1. The lowest BCUT2D eigenvalue weighted by Crippen LogP contribution is -2.45. The number of aliphatic hydroxyl groups is 1. The number of hydrogen-bond acceptors (Lipinski definition) is 3. The molecule has 1 amide bonds. The number of carbonyl (C=O) groups excluding carboxylic acids is 1. The molecule has 1 fully saturated rings. The Morgan fingerprint density at radius 2 is 2.11 bits per heavy atom. The zero-order chi connectivity index (χ0) is 12.9. The Kier molecular flexibility index (Phi) is 7.58. The van der Waals surface area contributed by atoms with Crippen LogP contribution in [0.3, 0.4) is 0 Å². The highest BCUT2D eigenvalue weighted by atomic mass is 35.5. The highest BCUT2D eigenvalue weighted by Gasteiger charge is 2.28. The van der Waals surface area contributed by atoms with Gasteiger partial charge in [0, 0.05) is 25.4 Å². The van der Waals surface area contributed by atoms with E-state index in [0.29, 0.717) is 13.0 Å². The summed E-state index contributed by atoms with van der Waals surface area (Å²) in [5.41, 5.74) is 0. The van der Waals surface area contributed by atoms with Gasteiger partial charge in [-0.15, -0.1) is 12.4 Å². The fourth-order valence-corrected chi connectivity index (χ4v) is 1.72. The molecule has 1 aliphatic heterocycles. The fourth-order valence-electron chi connectivity index (χ4n) is 1.72. The van der Waals surface area contributed by atoms with Crippen molar-refractivity contribution >= 4 is 18.3 Å². The second-order valence-electron chi connectivity index (χ2n) is 4.24. The van der Waals surface area contributed by atoms with Crippen molar-refractivity contribution < 1.29 is 23.1 Å². The predicted octanol–water partition coefficient (Wildman–Crippen LogP) is 0.837. The Bertz CT molecular complexity index is 264. The summed E-state index contributed by atoms with van der Waals surface area (Å²) in [6.45, 7) is 1.45. The van der Waals surface area contributed by atoms with Crippen LogP contribution in [0.2, 0.25) is 0 Å². The molecule has 0 aromatic rings. The van der Waals surface area contributed by atoms with Gasteiger partial charge < -0.3 is 15.7 Å². The van der Waals surface area contributed by atoms with Gasteiger partial charge in [-0.2, -0.15) is 13.2 Å². The molecule has 1 aliphatic rings. The maximum absolute atomic E-state index is 11.8. The molecule has 108 valence electrons. The number of alkyl halides is 3.